The zero-order chi connectivity index (χ0) is 13.9. The van der Waals surface area contributed by atoms with E-state index in [0.29, 0.717) is 12.8 Å². The number of nitrogens with zero attached hydrogens (tertiary/aromatic N) is 1. The summed E-state index contributed by atoms with van der Waals surface area (Å²) in [5.74, 6) is 0.442. The molecule has 1 aromatic rings. The van der Waals surface area contributed by atoms with Crippen molar-refractivity contribution in [3.63, 3.8) is 0 Å². The Labute approximate surface area is 112 Å². The summed E-state index contributed by atoms with van der Waals surface area (Å²) in [6.07, 6.45) is 1.15. The molecule has 0 aliphatic heterocycles. The number of methoxy groups -OCH3 is 1. The summed E-state index contributed by atoms with van der Waals surface area (Å²) in [5, 5.41) is 8.31. The van der Waals surface area contributed by atoms with Crippen LogP contribution in [0.2, 0.25) is 0 Å². The zero-order valence-corrected chi connectivity index (χ0v) is 10.9. The minimum absolute atomic E-state index is 0.166. The molecular weight excluding hydrogens is 246 g/mol. The molecule has 0 amide bonds. The highest BCUT2D eigenvalue weighted by Gasteiger charge is 2.03. The smallest absolute Gasteiger partial charge is 0.306 e. The van der Waals surface area contributed by atoms with Crippen LogP contribution in [0, 0.1) is 11.3 Å². The predicted molar refractivity (Wildman–Crippen MR) is 68.5 cm³/mol. The molecule has 0 unspecified atom stereocenters. The highest BCUT2D eigenvalue weighted by atomic mass is 16.7. The lowest BCUT2D eigenvalue weighted by Crippen LogP contribution is -2.06. The average Bonchev–Trinajstić information content (AvgIpc) is 2.44. The van der Waals surface area contributed by atoms with E-state index in [1.165, 1.54) is 0 Å². The molecule has 0 radical (unpaired) electrons. The molecule has 0 fully saturated rings. The fraction of sp³-hybridized carbons (Fsp3) is 0.429. The number of hydrogen-bond donors (Lipinski definition) is 0. The highest BCUT2D eigenvalue weighted by Crippen LogP contribution is 2.13. The van der Waals surface area contributed by atoms with Gasteiger partial charge in [-0.1, -0.05) is 12.1 Å². The number of carbonyl (C=O) groups excluding carboxylic acids is 1. The maximum Gasteiger partial charge on any atom is 0.306 e. The number of hydrogen-bond acceptors (Lipinski definition) is 5. The largest absolute Gasteiger partial charge is 0.468 e. The molecule has 0 heterocycles. The molecule has 0 saturated heterocycles. The lowest BCUT2D eigenvalue weighted by Gasteiger charge is -2.06. The molecule has 0 bridgehead atoms. The van der Waals surface area contributed by atoms with E-state index in [4.69, 9.17) is 19.5 Å². The summed E-state index contributed by atoms with van der Waals surface area (Å²) in [7, 11) is 1.56. The maximum absolute atomic E-state index is 11.3. The molecule has 1 rings (SSSR count). The third-order valence-corrected chi connectivity index (χ3v) is 2.36. The Kier molecular flexibility index (Phi) is 7.06. The van der Waals surface area contributed by atoms with Gasteiger partial charge < -0.3 is 14.2 Å². The van der Waals surface area contributed by atoms with Crippen LogP contribution >= 0.6 is 0 Å². The zero-order valence-electron chi connectivity index (χ0n) is 10.9. The van der Waals surface area contributed by atoms with E-state index in [-0.39, 0.29) is 25.8 Å². The fourth-order valence-electron chi connectivity index (χ4n) is 1.41. The standard InChI is InChI=1S/C14H17NO4/c1-17-11-19-13-6-3-12(4-7-13)5-8-14(16)18-10-2-9-15/h3-4,6-7H,2,5,8,10-11H2,1H3. The SMILES string of the molecule is COCOc1ccc(CCC(=O)OCCC#N)cc1. The van der Waals surface area contributed by atoms with Crippen LogP contribution in [0.15, 0.2) is 24.3 Å². The third kappa shape index (κ3) is 6.43. The highest BCUT2D eigenvalue weighted by molar-refractivity contribution is 5.69. The Balaban J connectivity index is 2.29. The summed E-state index contributed by atoms with van der Waals surface area (Å²) in [4.78, 5) is 11.3. The molecule has 0 aromatic heterocycles. The van der Waals surface area contributed by atoms with E-state index in [1.54, 1.807) is 7.11 Å². The first-order chi connectivity index (χ1) is 9.26. The molecule has 0 N–H and O–H groups in total. The van der Waals surface area contributed by atoms with Gasteiger partial charge in [-0.15, -0.1) is 0 Å². The lowest BCUT2D eigenvalue weighted by molar-refractivity contribution is -0.143. The van der Waals surface area contributed by atoms with E-state index in [9.17, 15) is 4.79 Å². The molecule has 0 aliphatic carbocycles. The van der Waals surface area contributed by atoms with E-state index in [0.717, 1.165) is 11.3 Å². The molecule has 1 aromatic carbocycles. The van der Waals surface area contributed by atoms with Crippen molar-refractivity contribution in [2.24, 2.45) is 0 Å². The predicted octanol–water partition coefficient (Wildman–Crippen LogP) is 2.06. The van der Waals surface area contributed by atoms with Gasteiger partial charge in [-0.05, 0) is 24.1 Å². The van der Waals surface area contributed by atoms with Crippen molar-refractivity contribution < 1.29 is 19.0 Å². The van der Waals surface area contributed by atoms with Gasteiger partial charge in [-0.3, -0.25) is 4.79 Å². The van der Waals surface area contributed by atoms with Crippen LogP contribution < -0.4 is 4.74 Å². The second-order valence-electron chi connectivity index (χ2n) is 3.82. The summed E-state index contributed by atoms with van der Waals surface area (Å²) in [6, 6.07) is 9.37. The minimum atomic E-state index is -0.282. The van der Waals surface area contributed by atoms with Gasteiger partial charge in [0.2, 0.25) is 0 Å². The number of rotatable bonds is 8. The molecule has 102 valence electrons. The number of benzene rings is 1. The van der Waals surface area contributed by atoms with Crippen LogP contribution in [0.3, 0.4) is 0 Å². The Morgan fingerprint density at radius 2 is 2.05 bits per heavy atom. The van der Waals surface area contributed by atoms with Crippen molar-refractivity contribution >= 4 is 5.97 Å². The number of ether oxygens (including phenoxy) is 3. The Morgan fingerprint density at radius 1 is 1.32 bits per heavy atom. The molecule has 19 heavy (non-hydrogen) atoms. The Hall–Kier alpha value is -2.06. The van der Waals surface area contributed by atoms with Crippen molar-refractivity contribution in [2.75, 3.05) is 20.5 Å². The summed E-state index contributed by atoms with van der Waals surface area (Å²) < 4.78 is 14.9. The van der Waals surface area contributed by atoms with Crippen LogP contribution in [-0.4, -0.2) is 26.5 Å². The van der Waals surface area contributed by atoms with Gasteiger partial charge in [-0.2, -0.15) is 5.26 Å². The van der Waals surface area contributed by atoms with Crippen LogP contribution in [0.25, 0.3) is 0 Å². The first kappa shape index (κ1) is 15.0. The molecule has 0 atom stereocenters. The normalized spacial score (nSPS) is 9.68. The van der Waals surface area contributed by atoms with Crippen molar-refractivity contribution in [1.29, 1.82) is 5.26 Å². The van der Waals surface area contributed by atoms with Gasteiger partial charge in [0, 0.05) is 13.5 Å². The molecule has 0 aliphatic rings. The molecule has 0 saturated carbocycles. The Morgan fingerprint density at radius 3 is 2.68 bits per heavy atom. The van der Waals surface area contributed by atoms with E-state index >= 15 is 0 Å². The van der Waals surface area contributed by atoms with Crippen LogP contribution in [-0.2, 0) is 20.7 Å². The fourth-order valence-corrected chi connectivity index (χ4v) is 1.41. The molecule has 0 spiro atoms. The number of nitriles is 1. The van der Waals surface area contributed by atoms with Crippen LogP contribution in [0.5, 0.6) is 5.75 Å². The quantitative estimate of drug-likeness (QED) is 0.408. The first-order valence-electron chi connectivity index (χ1n) is 5.99. The third-order valence-electron chi connectivity index (χ3n) is 2.36. The van der Waals surface area contributed by atoms with Gasteiger partial charge in [0.15, 0.2) is 6.79 Å². The van der Waals surface area contributed by atoms with Gasteiger partial charge in [0.1, 0.15) is 12.4 Å². The summed E-state index contributed by atoms with van der Waals surface area (Å²) >= 11 is 0. The molecule has 5 heteroatoms. The van der Waals surface area contributed by atoms with E-state index in [1.807, 2.05) is 30.3 Å². The molecular formula is C14H17NO4. The van der Waals surface area contributed by atoms with E-state index in [2.05, 4.69) is 0 Å². The summed E-state index contributed by atoms with van der Waals surface area (Å²) in [5.41, 5.74) is 1.03. The van der Waals surface area contributed by atoms with Crippen molar-refractivity contribution in [3.05, 3.63) is 29.8 Å². The van der Waals surface area contributed by atoms with Crippen LogP contribution in [0.4, 0.5) is 0 Å². The second kappa shape index (κ2) is 8.95. The molecule has 5 nitrogen and oxygen atoms in total. The van der Waals surface area contributed by atoms with Gasteiger partial charge >= 0.3 is 5.97 Å². The minimum Gasteiger partial charge on any atom is -0.468 e. The van der Waals surface area contributed by atoms with Gasteiger partial charge in [-0.25, -0.2) is 0 Å². The Bertz CT molecular complexity index is 422. The van der Waals surface area contributed by atoms with Crippen LogP contribution in [0.1, 0.15) is 18.4 Å². The monoisotopic (exact) mass is 263 g/mol. The number of aryl methyl sites for hydroxylation is 1. The number of esters is 1. The average molecular weight is 263 g/mol. The van der Waals surface area contributed by atoms with E-state index < -0.39 is 0 Å². The lowest BCUT2D eigenvalue weighted by atomic mass is 10.1. The van der Waals surface area contributed by atoms with Crippen molar-refractivity contribution in [1.82, 2.24) is 0 Å². The topological polar surface area (TPSA) is 68.6 Å². The maximum atomic E-state index is 11.3. The van der Waals surface area contributed by atoms with Crippen molar-refractivity contribution in [3.8, 4) is 11.8 Å². The number of carbonyl (C=O) groups is 1. The summed E-state index contributed by atoms with van der Waals surface area (Å²) in [6.45, 7) is 0.379. The van der Waals surface area contributed by atoms with Gasteiger partial charge in [0.25, 0.3) is 0 Å². The van der Waals surface area contributed by atoms with Gasteiger partial charge in [0.05, 0.1) is 12.5 Å². The first-order valence-corrected chi connectivity index (χ1v) is 5.99. The second-order valence-corrected chi connectivity index (χ2v) is 3.82. The van der Waals surface area contributed by atoms with Crippen molar-refractivity contribution in [2.45, 2.75) is 19.3 Å².